The lowest BCUT2D eigenvalue weighted by molar-refractivity contribution is 0.660. The average molecular weight is 574 g/mol. The molecule has 0 N–H and O–H groups in total. The van der Waals surface area contributed by atoms with Gasteiger partial charge in [0.2, 0.25) is 0 Å². The van der Waals surface area contributed by atoms with Crippen LogP contribution in [0.4, 0.5) is 0 Å². The molecule has 0 fully saturated rings. The van der Waals surface area contributed by atoms with Crippen LogP contribution in [0.15, 0.2) is 152 Å². The van der Waals surface area contributed by atoms with Crippen molar-refractivity contribution >= 4 is 32.4 Å². The Hall–Kier alpha value is -5.53. The zero-order chi connectivity index (χ0) is 30.1. The topological polar surface area (TPSA) is 12.9 Å². The number of nitrogens with zero attached hydrogens (tertiary/aromatic N) is 1. The van der Waals surface area contributed by atoms with Gasteiger partial charge in [-0.15, -0.1) is 0 Å². The lowest BCUT2D eigenvalue weighted by Crippen LogP contribution is -2.14. The first-order chi connectivity index (χ1) is 22.1. The number of hydrogen-bond acceptors (Lipinski definition) is 1. The van der Waals surface area contributed by atoms with Crippen LogP contribution in [0.1, 0.15) is 25.0 Å². The molecule has 0 amide bonds. The van der Waals surface area contributed by atoms with E-state index in [1.165, 1.54) is 82.6 Å². The molecule has 0 bridgehead atoms. The molecule has 8 aromatic rings. The summed E-state index contributed by atoms with van der Waals surface area (Å²) in [7, 11) is 0. The van der Waals surface area contributed by atoms with Gasteiger partial charge in [-0.25, -0.2) is 0 Å². The summed E-state index contributed by atoms with van der Waals surface area (Å²) in [6.45, 7) is 4.70. The Labute approximate surface area is 263 Å². The second-order valence-electron chi connectivity index (χ2n) is 12.7. The van der Waals surface area contributed by atoms with Crippen LogP contribution >= 0.6 is 0 Å². The summed E-state index contributed by atoms with van der Waals surface area (Å²) in [6, 6.07) is 53.2. The molecule has 0 unspecified atom stereocenters. The highest BCUT2D eigenvalue weighted by atomic mass is 14.7. The second-order valence-corrected chi connectivity index (χ2v) is 12.7. The van der Waals surface area contributed by atoms with Gasteiger partial charge < -0.3 is 0 Å². The number of rotatable bonds is 3. The van der Waals surface area contributed by atoms with E-state index < -0.39 is 0 Å². The maximum atomic E-state index is 4.99. The van der Waals surface area contributed by atoms with Crippen LogP contribution in [-0.4, -0.2) is 4.98 Å². The van der Waals surface area contributed by atoms with Crippen molar-refractivity contribution < 1.29 is 0 Å². The fourth-order valence-corrected chi connectivity index (χ4v) is 7.75. The largest absolute Gasteiger partial charge is 0.256 e. The first-order valence-electron chi connectivity index (χ1n) is 15.7. The van der Waals surface area contributed by atoms with Crippen molar-refractivity contribution in [1.82, 2.24) is 4.98 Å². The number of para-hydroxylation sites is 1. The standard InChI is InChI=1S/C44H31N/c1-44(2)38-21-10-8-17-32(38)33-24-23-30(26-39(33)44)29-15-12-16-31(25-29)41-34-18-6-7-19-35(34)42(28-13-4-3-5-14-28)43-36-20-9-11-22-40(36)45-27-37(41)43/h3-27H,1-2H3. The maximum absolute atomic E-state index is 4.99. The minimum absolute atomic E-state index is 0.0358. The molecule has 0 spiro atoms. The Kier molecular flexibility index (Phi) is 5.61. The molecule has 212 valence electrons. The van der Waals surface area contributed by atoms with Gasteiger partial charge in [0.15, 0.2) is 0 Å². The van der Waals surface area contributed by atoms with Crippen molar-refractivity contribution in [2.24, 2.45) is 0 Å². The fourth-order valence-electron chi connectivity index (χ4n) is 7.75. The third-order valence-corrected chi connectivity index (χ3v) is 9.89. The van der Waals surface area contributed by atoms with E-state index in [1.54, 1.807) is 0 Å². The predicted molar refractivity (Wildman–Crippen MR) is 191 cm³/mol. The zero-order valence-electron chi connectivity index (χ0n) is 25.4. The Balaban J connectivity index is 1.31. The third-order valence-electron chi connectivity index (χ3n) is 9.89. The highest BCUT2D eigenvalue weighted by Gasteiger charge is 2.35. The van der Waals surface area contributed by atoms with E-state index in [1.807, 2.05) is 0 Å². The molecule has 0 radical (unpaired) electrons. The van der Waals surface area contributed by atoms with Crippen molar-refractivity contribution in [3.8, 4) is 44.5 Å². The van der Waals surface area contributed by atoms with Crippen LogP contribution in [0.25, 0.3) is 77.0 Å². The molecule has 1 heterocycles. The van der Waals surface area contributed by atoms with Crippen LogP contribution in [0.3, 0.4) is 0 Å². The molecule has 9 rings (SSSR count). The Morgan fingerprint density at radius 3 is 1.89 bits per heavy atom. The van der Waals surface area contributed by atoms with Crippen LogP contribution < -0.4 is 0 Å². The minimum Gasteiger partial charge on any atom is -0.256 e. The maximum Gasteiger partial charge on any atom is 0.0708 e. The van der Waals surface area contributed by atoms with Crippen molar-refractivity contribution in [2.45, 2.75) is 19.3 Å². The number of benzene rings is 7. The van der Waals surface area contributed by atoms with E-state index in [0.717, 1.165) is 5.52 Å². The normalized spacial score (nSPS) is 13.3. The molecule has 1 nitrogen and oxygen atoms in total. The van der Waals surface area contributed by atoms with Crippen LogP contribution in [0, 0.1) is 0 Å². The summed E-state index contributed by atoms with van der Waals surface area (Å²) in [5.41, 5.74) is 13.9. The zero-order valence-corrected chi connectivity index (χ0v) is 25.4. The molecule has 0 atom stereocenters. The highest BCUT2D eigenvalue weighted by Crippen LogP contribution is 2.50. The van der Waals surface area contributed by atoms with Crippen molar-refractivity contribution in [3.05, 3.63) is 163 Å². The van der Waals surface area contributed by atoms with Gasteiger partial charge in [-0.05, 0) is 84.6 Å². The van der Waals surface area contributed by atoms with E-state index in [9.17, 15) is 0 Å². The summed E-state index contributed by atoms with van der Waals surface area (Å²) >= 11 is 0. The minimum atomic E-state index is -0.0358. The number of fused-ring (bicyclic) bond motifs is 7. The Bertz CT molecular complexity index is 2450. The monoisotopic (exact) mass is 573 g/mol. The predicted octanol–water partition coefficient (Wildman–Crippen LogP) is 11.8. The van der Waals surface area contributed by atoms with E-state index in [4.69, 9.17) is 4.98 Å². The van der Waals surface area contributed by atoms with Gasteiger partial charge in [0.1, 0.15) is 0 Å². The third kappa shape index (κ3) is 3.84. The molecule has 1 aliphatic rings. The van der Waals surface area contributed by atoms with Gasteiger partial charge in [0, 0.05) is 27.8 Å². The highest BCUT2D eigenvalue weighted by molar-refractivity contribution is 6.27. The van der Waals surface area contributed by atoms with E-state index in [0.29, 0.717) is 0 Å². The summed E-state index contributed by atoms with van der Waals surface area (Å²) in [5.74, 6) is 0. The smallest absolute Gasteiger partial charge is 0.0708 e. The molecule has 0 saturated carbocycles. The summed E-state index contributed by atoms with van der Waals surface area (Å²) in [6.07, 6.45) is 2.09. The van der Waals surface area contributed by atoms with Gasteiger partial charge >= 0.3 is 0 Å². The summed E-state index contributed by atoms with van der Waals surface area (Å²) in [4.78, 5) is 4.99. The van der Waals surface area contributed by atoms with Crippen molar-refractivity contribution in [1.29, 1.82) is 0 Å². The first kappa shape index (κ1) is 25.9. The first-order valence-corrected chi connectivity index (χ1v) is 15.7. The molecular formula is C44H31N. The molecule has 0 saturated heterocycles. The lowest BCUT2D eigenvalue weighted by Gasteiger charge is -2.22. The molecule has 1 aliphatic carbocycles. The Morgan fingerprint density at radius 2 is 1.04 bits per heavy atom. The van der Waals surface area contributed by atoms with Crippen LogP contribution in [-0.2, 0) is 5.41 Å². The molecule has 45 heavy (non-hydrogen) atoms. The van der Waals surface area contributed by atoms with E-state index >= 15 is 0 Å². The Morgan fingerprint density at radius 1 is 0.422 bits per heavy atom. The van der Waals surface area contributed by atoms with Gasteiger partial charge in [0.25, 0.3) is 0 Å². The quantitative estimate of drug-likeness (QED) is 0.151. The van der Waals surface area contributed by atoms with Gasteiger partial charge in [-0.3, -0.25) is 4.98 Å². The van der Waals surface area contributed by atoms with Crippen molar-refractivity contribution in [2.75, 3.05) is 0 Å². The molecule has 1 aromatic heterocycles. The fraction of sp³-hybridized carbons (Fsp3) is 0.0682. The summed E-state index contributed by atoms with van der Waals surface area (Å²) in [5, 5.41) is 6.10. The van der Waals surface area contributed by atoms with Gasteiger partial charge in [-0.1, -0.05) is 141 Å². The average Bonchev–Trinajstić information content (AvgIpc) is 3.33. The summed E-state index contributed by atoms with van der Waals surface area (Å²) < 4.78 is 0. The SMILES string of the molecule is CC1(C)c2ccccc2-c2ccc(-c3cccc(-c4c5ccccc5c(-c5ccccc5)c5c4cnc4ccccc45)c3)cc21. The number of aromatic nitrogens is 1. The second kappa shape index (κ2) is 9.74. The van der Waals surface area contributed by atoms with E-state index in [2.05, 4.69) is 166 Å². The number of hydrogen-bond donors (Lipinski definition) is 0. The lowest BCUT2D eigenvalue weighted by atomic mass is 9.81. The van der Waals surface area contributed by atoms with Gasteiger partial charge in [0.05, 0.1) is 5.52 Å². The molecule has 0 aliphatic heterocycles. The van der Waals surface area contributed by atoms with Crippen LogP contribution in [0.5, 0.6) is 0 Å². The number of pyridine rings is 1. The van der Waals surface area contributed by atoms with E-state index in [-0.39, 0.29) is 5.41 Å². The molecule has 7 aromatic carbocycles. The molecular weight excluding hydrogens is 542 g/mol. The van der Waals surface area contributed by atoms with Gasteiger partial charge in [-0.2, -0.15) is 0 Å². The molecule has 1 heteroatoms. The van der Waals surface area contributed by atoms with Crippen molar-refractivity contribution in [3.63, 3.8) is 0 Å². The van der Waals surface area contributed by atoms with Crippen LogP contribution in [0.2, 0.25) is 0 Å².